The smallest absolute Gasteiger partial charge is 0.279 e. The summed E-state index contributed by atoms with van der Waals surface area (Å²) in [6.07, 6.45) is 3.72. The Labute approximate surface area is 139 Å². The number of amides is 1. The van der Waals surface area contributed by atoms with Crippen LogP contribution in [0.4, 0.5) is 5.13 Å². The minimum absolute atomic E-state index is 0.209. The normalized spacial score (nSPS) is 10.6. The number of hydrogen-bond donors (Lipinski definition) is 2. The molecule has 22 heavy (non-hydrogen) atoms. The van der Waals surface area contributed by atoms with Gasteiger partial charge in [-0.3, -0.25) is 10.1 Å². The Morgan fingerprint density at radius 1 is 1.27 bits per heavy atom. The first-order valence-electron chi connectivity index (χ1n) is 6.17. The van der Waals surface area contributed by atoms with Gasteiger partial charge in [0.15, 0.2) is 10.8 Å². The minimum Gasteiger partial charge on any atom is -0.296 e. The molecule has 1 amide bonds. The van der Waals surface area contributed by atoms with Gasteiger partial charge >= 0.3 is 0 Å². The first-order chi connectivity index (χ1) is 10.6. The molecule has 0 aliphatic rings. The molecule has 6 nitrogen and oxygen atoms in total. The van der Waals surface area contributed by atoms with Crippen LogP contribution in [0, 0.1) is 0 Å². The molecule has 0 atom stereocenters. The van der Waals surface area contributed by atoms with E-state index in [0.717, 1.165) is 10.4 Å². The van der Waals surface area contributed by atoms with Gasteiger partial charge in [0.05, 0.1) is 16.2 Å². The lowest BCUT2D eigenvalue weighted by atomic mass is 10.1. The largest absolute Gasteiger partial charge is 0.296 e. The van der Waals surface area contributed by atoms with Crippen molar-refractivity contribution in [2.24, 2.45) is 0 Å². The summed E-state index contributed by atoms with van der Waals surface area (Å²) in [6, 6.07) is 5.48. The van der Waals surface area contributed by atoms with Crippen molar-refractivity contribution in [2.75, 3.05) is 5.32 Å². The number of carbonyl (C=O) groups excluding carboxylic acids is 1. The lowest BCUT2D eigenvalue weighted by molar-refractivity contribution is 0.102. The van der Waals surface area contributed by atoms with Gasteiger partial charge in [-0.25, -0.2) is 4.98 Å². The van der Waals surface area contributed by atoms with Crippen molar-refractivity contribution >= 4 is 45.6 Å². The Hall–Kier alpha value is -1.96. The van der Waals surface area contributed by atoms with E-state index in [9.17, 15) is 4.79 Å². The third-order valence-electron chi connectivity index (χ3n) is 2.78. The van der Waals surface area contributed by atoms with Gasteiger partial charge in [0.1, 0.15) is 0 Å². The molecule has 3 aromatic rings. The fourth-order valence-electron chi connectivity index (χ4n) is 1.77. The van der Waals surface area contributed by atoms with Gasteiger partial charge < -0.3 is 0 Å². The highest BCUT2D eigenvalue weighted by molar-refractivity contribution is 7.15. The SMILES string of the molecule is O=C(Nc1ncc(Cc2ccc(Cl)c(Cl)c2)s1)c1cn[nH]n1. The van der Waals surface area contributed by atoms with Crippen molar-refractivity contribution in [1.82, 2.24) is 20.4 Å². The Morgan fingerprint density at radius 3 is 2.86 bits per heavy atom. The number of rotatable bonds is 4. The zero-order valence-electron chi connectivity index (χ0n) is 11.0. The average molecular weight is 354 g/mol. The van der Waals surface area contributed by atoms with Crippen molar-refractivity contribution in [2.45, 2.75) is 6.42 Å². The second kappa shape index (κ2) is 6.43. The number of thiazole rings is 1. The maximum absolute atomic E-state index is 11.8. The van der Waals surface area contributed by atoms with Crippen LogP contribution in [0.1, 0.15) is 20.9 Å². The number of nitrogens with one attached hydrogen (secondary N) is 2. The summed E-state index contributed by atoms with van der Waals surface area (Å²) < 4.78 is 0. The van der Waals surface area contributed by atoms with E-state index in [1.54, 1.807) is 12.3 Å². The van der Waals surface area contributed by atoms with E-state index in [-0.39, 0.29) is 11.6 Å². The first-order valence-corrected chi connectivity index (χ1v) is 7.75. The van der Waals surface area contributed by atoms with E-state index in [2.05, 4.69) is 25.7 Å². The fourth-order valence-corrected chi connectivity index (χ4v) is 2.93. The summed E-state index contributed by atoms with van der Waals surface area (Å²) in [5.74, 6) is -0.357. The third kappa shape index (κ3) is 3.44. The molecule has 0 spiro atoms. The number of anilines is 1. The topological polar surface area (TPSA) is 83.6 Å². The molecule has 2 heterocycles. The van der Waals surface area contributed by atoms with E-state index in [0.29, 0.717) is 21.6 Å². The van der Waals surface area contributed by atoms with Crippen LogP contribution in [-0.4, -0.2) is 26.3 Å². The van der Waals surface area contributed by atoms with E-state index >= 15 is 0 Å². The predicted octanol–water partition coefficient (Wildman–Crippen LogP) is 3.41. The molecule has 0 aliphatic heterocycles. The second-order valence-corrected chi connectivity index (χ2v) is 6.30. The van der Waals surface area contributed by atoms with E-state index in [1.807, 2.05) is 12.1 Å². The molecule has 3 rings (SSSR count). The maximum atomic E-state index is 11.8. The molecule has 2 N–H and O–H groups in total. The van der Waals surface area contributed by atoms with Crippen molar-refractivity contribution in [3.63, 3.8) is 0 Å². The molecular formula is C13H9Cl2N5OS. The third-order valence-corrected chi connectivity index (χ3v) is 4.44. The fraction of sp³-hybridized carbons (Fsp3) is 0.0769. The number of carbonyl (C=O) groups is 1. The highest BCUT2D eigenvalue weighted by Crippen LogP contribution is 2.26. The van der Waals surface area contributed by atoms with Gasteiger partial charge in [-0.15, -0.1) is 11.3 Å². The minimum atomic E-state index is -0.357. The molecule has 0 fully saturated rings. The molecule has 0 unspecified atom stereocenters. The molecule has 1 aromatic carbocycles. The van der Waals surface area contributed by atoms with Crippen molar-refractivity contribution < 1.29 is 4.79 Å². The van der Waals surface area contributed by atoms with Gasteiger partial charge in [-0.05, 0) is 17.7 Å². The molecule has 112 valence electrons. The number of hydrogen-bond acceptors (Lipinski definition) is 5. The zero-order chi connectivity index (χ0) is 15.5. The zero-order valence-corrected chi connectivity index (χ0v) is 13.3. The molecular weight excluding hydrogens is 345 g/mol. The van der Waals surface area contributed by atoms with Gasteiger partial charge in [0.2, 0.25) is 0 Å². The van der Waals surface area contributed by atoms with Crippen LogP contribution >= 0.6 is 34.5 Å². The Balaban J connectivity index is 1.68. The Bertz CT molecular complexity index is 803. The molecule has 2 aromatic heterocycles. The Morgan fingerprint density at radius 2 is 2.14 bits per heavy atom. The van der Waals surface area contributed by atoms with Crippen molar-refractivity contribution in [1.29, 1.82) is 0 Å². The first kappa shape index (κ1) is 15.0. The molecule has 0 aliphatic carbocycles. The average Bonchev–Trinajstić information content (AvgIpc) is 3.15. The molecule has 0 saturated carbocycles. The van der Waals surface area contributed by atoms with Crippen molar-refractivity contribution in [3.05, 3.63) is 56.8 Å². The number of halogens is 2. The monoisotopic (exact) mass is 353 g/mol. The number of benzene rings is 1. The van der Waals surface area contributed by atoms with Crippen molar-refractivity contribution in [3.8, 4) is 0 Å². The Kier molecular flexibility index (Phi) is 4.37. The highest BCUT2D eigenvalue weighted by atomic mass is 35.5. The van der Waals surface area contributed by atoms with Gasteiger partial charge in [0.25, 0.3) is 5.91 Å². The van der Waals surface area contributed by atoms with Gasteiger partial charge in [-0.1, -0.05) is 29.3 Å². The van der Waals surface area contributed by atoms with Crippen LogP contribution in [0.15, 0.2) is 30.6 Å². The summed E-state index contributed by atoms with van der Waals surface area (Å²) in [7, 11) is 0. The number of aromatic nitrogens is 4. The summed E-state index contributed by atoms with van der Waals surface area (Å²) >= 11 is 13.3. The van der Waals surface area contributed by atoms with Crippen LogP contribution in [0.5, 0.6) is 0 Å². The van der Waals surface area contributed by atoms with E-state index in [4.69, 9.17) is 23.2 Å². The molecule has 9 heteroatoms. The summed E-state index contributed by atoms with van der Waals surface area (Å²) in [5.41, 5.74) is 1.23. The predicted molar refractivity (Wildman–Crippen MR) is 85.7 cm³/mol. The van der Waals surface area contributed by atoms with Crippen LogP contribution in [0.25, 0.3) is 0 Å². The quantitative estimate of drug-likeness (QED) is 0.752. The molecule has 0 saturated heterocycles. The number of nitrogens with zero attached hydrogens (tertiary/aromatic N) is 3. The van der Waals surface area contributed by atoms with E-state index in [1.165, 1.54) is 17.5 Å². The van der Waals surface area contributed by atoms with Crippen LogP contribution < -0.4 is 5.32 Å². The van der Waals surface area contributed by atoms with Crippen LogP contribution in [0.2, 0.25) is 10.0 Å². The lowest BCUT2D eigenvalue weighted by Gasteiger charge is -2.01. The maximum Gasteiger partial charge on any atom is 0.279 e. The molecule has 0 radical (unpaired) electrons. The highest BCUT2D eigenvalue weighted by Gasteiger charge is 2.11. The van der Waals surface area contributed by atoms with Gasteiger partial charge in [-0.2, -0.15) is 15.4 Å². The van der Waals surface area contributed by atoms with E-state index < -0.39 is 0 Å². The summed E-state index contributed by atoms with van der Waals surface area (Å²) in [5, 5.41) is 13.9. The van der Waals surface area contributed by atoms with Crippen LogP contribution in [-0.2, 0) is 6.42 Å². The second-order valence-electron chi connectivity index (χ2n) is 4.37. The standard InChI is InChI=1S/C13H9Cl2N5OS/c14-9-2-1-7(4-10(9)15)3-8-5-16-13(22-8)18-12(21)11-6-17-20-19-11/h1-2,4-6H,3H2,(H,16,18,21)(H,17,19,20). The van der Waals surface area contributed by atoms with Crippen LogP contribution in [0.3, 0.4) is 0 Å². The molecule has 0 bridgehead atoms. The number of H-pyrrole nitrogens is 1. The summed E-state index contributed by atoms with van der Waals surface area (Å²) in [4.78, 5) is 17.0. The van der Waals surface area contributed by atoms with Gasteiger partial charge in [0, 0.05) is 17.5 Å². The lowest BCUT2D eigenvalue weighted by Crippen LogP contribution is -2.11. The summed E-state index contributed by atoms with van der Waals surface area (Å²) in [6.45, 7) is 0. The number of aromatic amines is 1.